The topological polar surface area (TPSA) is 47.7 Å². The molecule has 1 aromatic carbocycles. The molecule has 2 fully saturated rings. The fraction of sp³-hybridized carbons (Fsp3) is 0.647. The zero-order chi connectivity index (χ0) is 15.3. The van der Waals surface area contributed by atoms with E-state index in [0.717, 1.165) is 54.8 Å². The van der Waals surface area contributed by atoms with Crippen LogP contribution in [0.4, 0.5) is 0 Å². The zero-order valence-corrected chi connectivity index (χ0v) is 13.7. The van der Waals surface area contributed by atoms with Gasteiger partial charge in [0.1, 0.15) is 0 Å². The Morgan fingerprint density at radius 1 is 1.27 bits per heavy atom. The Balaban J connectivity index is 1.63. The highest BCUT2D eigenvalue weighted by atomic mass is 35.5. The van der Waals surface area contributed by atoms with Gasteiger partial charge in [-0.25, -0.2) is 0 Å². The molecule has 1 saturated heterocycles. The standard InChI is InChI=1S/C17H23ClN2O2/c1-20-8-11(7-19)4-14(20)12-5-15-16(6-13(12)18)22-10-17(2-3-17)9-21-15/h5-6,11,14H,2-4,7-10,19H2,1H3. The van der Waals surface area contributed by atoms with Crippen LogP contribution < -0.4 is 15.2 Å². The lowest BCUT2D eigenvalue weighted by Crippen LogP contribution is -2.20. The maximum absolute atomic E-state index is 6.54. The predicted molar refractivity (Wildman–Crippen MR) is 86.6 cm³/mol. The summed E-state index contributed by atoms with van der Waals surface area (Å²) in [5.74, 6) is 2.16. The lowest BCUT2D eigenvalue weighted by molar-refractivity contribution is 0.197. The van der Waals surface area contributed by atoms with Gasteiger partial charge in [0.05, 0.1) is 13.2 Å². The maximum atomic E-state index is 6.54. The number of hydrogen-bond donors (Lipinski definition) is 1. The Morgan fingerprint density at radius 2 is 1.95 bits per heavy atom. The zero-order valence-electron chi connectivity index (χ0n) is 13.0. The normalized spacial score (nSPS) is 29.6. The number of likely N-dealkylation sites (tertiary alicyclic amines) is 1. The number of rotatable bonds is 2. The molecule has 3 aliphatic rings. The maximum Gasteiger partial charge on any atom is 0.162 e. The second-order valence-corrected chi connectivity index (χ2v) is 7.60. The van der Waals surface area contributed by atoms with Gasteiger partial charge in [0.15, 0.2) is 11.5 Å². The second-order valence-electron chi connectivity index (χ2n) is 7.19. The summed E-state index contributed by atoms with van der Waals surface area (Å²) in [4.78, 5) is 2.34. The Morgan fingerprint density at radius 3 is 2.55 bits per heavy atom. The van der Waals surface area contributed by atoms with E-state index in [4.69, 9.17) is 26.8 Å². The summed E-state index contributed by atoms with van der Waals surface area (Å²) in [5.41, 5.74) is 7.22. The van der Waals surface area contributed by atoms with Gasteiger partial charge < -0.3 is 15.2 Å². The third kappa shape index (κ3) is 2.47. The van der Waals surface area contributed by atoms with E-state index in [1.807, 2.05) is 6.07 Å². The summed E-state index contributed by atoms with van der Waals surface area (Å²) in [6.45, 7) is 3.25. The molecular weight excluding hydrogens is 300 g/mol. The first-order valence-electron chi connectivity index (χ1n) is 8.10. The SMILES string of the molecule is CN1CC(CN)CC1c1cc2c(cc1Cl)OCC1(CC1)CO2. The van der Waals surface area contributed by atoms with Crippen molar-refractivity contribution in [3.05, 3.63) is 22.7 Å². The molecule has 2 aliphatic heterocycles. The van der Waals surface area contributed by atoms with Crippen LogP contribution in [0.25, 0.3) is 0 Å². The number of hydrogen-bond acceptors (Lipinski definition) is 4. The Kier molecular flexibility index (Phi) is 3.51. The van der Waals surface area contributed by atoms with Crippen molar-refractivity contribution in [2.45, 2.75) is 25.3 Å². The minimum absolute atomic E-state index is 0.250. The monoisotopic (exact) mass is 322 g/mol. The Hall–Kier alpha value is -0.970. The lowest BCUT2D eigenvalue weighted by atomic mass is 9.99. The Bertz CT molecular complexity index is 588. The summed E-state index contributed by atoms with van der Waals surface area (Å²) in [5, 5.41) is 0.767. The van der Waals surface area contributed by atoms with Gasteiger partial charge >= 0.3 is 0 Å². The molecule has 0 bridgehead atoms. The molecule has 0 aromatic heterocycles. The van der Waals surface area contributed by atoms with Gasteiger partial charge in [-0.3, -0.25) is 4.90 Å². The van der Waals surface area contributed by atoms with E-state index >= 15 is 0 Å². The van der Waals surface area contributed by atoms with Gasteiger partial charge in [0.2, 0.25) is 0 Å². The van der Waals surface area contributed by atoms with Crippen LogP contribution in [-0.4, -0.2) is 38.3 Å². The molecule has 2 N–H and O–H groups in total. The molecule has 1 saturated carbocycles. The molecule has 1 aromatic rings. The molecule has 4 nitrogen and oxygen atoms in total. The van der Waals surface area contributed by atoms with E-state index in [1.165, 1.54) is 12.8 Å². The largest absolute Gasteiger partial charge is 0.489 e. The third-order valence-electron chi connectivity index (χ3n) is 5.42. The van der Waals surface area contributed by atoms with Crippen LogP contribution in [0.2, 0.25) is 5.02 Å². The summed E-state index contributed by atoms with van der Waals surface area (Å²) in [7, 11) is 2.14. The van der Waals surface area contributed by atoms with Crippen molar-refractivity contribution in [2.75, 3.05) is 33.4 Å². The van der Waals surface area contributed by atoms with Crippen LogP contribution in [0.3, 0.4) is 0 Å². The average molecular weight is 323 g/mol. The Labute approximate surface area is 136 Å². The lowest BCUT2D eigenvalue weighted by Gasteiger charge is -2.22. The summed E-state index contributed by atoms with van der Waals surface area (Å²) >= 11 is 6.54. The van der Waals surface area contributed by atoms with Crippen molar-refractivity contribution in [3.63, 3.8) is 0 Å². The molecule has 2 atom stereocenters. The number of benzene rings is 1. The molecule has 0 radical (unpaired) electrons. The van der Waals surface area contributed by atoms with Crippen LogP contribution in [0, 0.1) is 11.3 Å². The summed E-state index contributed by atoms with van der Waals surface area (Å²) in [6.07, 6.45) is 3.45. The van der Waals surface area contributed by atoms with E-state index in [1.54, 1.807) is 0 Å². The number of ether oxygens (including phenoxy) is 2. The molecule has 2 heterocycles. The van der Waals surface area contributed by atoms with E-state index in [0.29, 0.717) is 12.0 Å². The highest BCUT2D eigenvalue weighted by Gasteiger charge is 2.46. The predicted octanol–water partition coefficient (Wildman–Crippen LogP) is 2.84. The number of fused-ring (bicyclic) bond motifs is 1. The first kappa shape index (κ1) is 14.6. The number of halogens is 1. The molecule has 4 rings (SSSR count). The van der Waals surface area contributed by atoms with Crippen LogP contribution in [0.1, 0.15) is 30.9 Å². The van der Waals surface area contributed by atoms with Crippen molar-refractivity contribution >= 4 is 11.6 Å². The first-order chi connectivity index (χ1) is 10.6. The van der Waals surface area contributed by atoms with Crippen molar-refractivity contribution in [2.24, 2.45) is 17.1 Å². The quantitative estimate of drug-likeness (QED) is 0.909. The van der Waals surface area contributed by atoms with E-state index in [2.05, 4.69) is 18.0 Å². The van der Waals surface area contributed by atoms with Crippen LogP contribution in [0.15, 0.2) is 12.1 Å². The minimum atomic E-state index is 0.250. The smallest absolute Gasteiger partial charge is 0.162 e. The highest BCUT2D eigenvalue weighted by Crippen LogP contribution is 2.50. The molecule has 120 valence electrons. The molecule has 22 heavy (non-hydrogen) atoms. The van der Waals surface area contributed by atoms with Gasteiger partial charge in [0, 0.05) is 29.1 Å². The molecular formula is C17H23ClN2O2. The summed E-state index contributed by atoms with van der Waals surface area (Å²) in [6, 6.07) is 4.32. The second kappa shape index (κ2) is 5.29. The fourth-order valence-corrected chi connectivity index (χ4v) is 3.92. The van der Waals surface area contributed by atoms with Crippen LogP contribution >= 0.6 is 11.6 Å². The fourth-order valence-electron chi connectivity index (χ4n) is 3.64. The number of nitrogens with zero attached hydrogens (tertiary/aromatic N) is 1. The van der Waals surface area contributed by atoms with Gasteiger partial charge in [-0.15, -0.1) is 0 Å². The molecule has 1 aliphatic carbocycles. The van der Waals surface area contributed by atoms with Crippen LogP contribution in [0.5, 0.6) is 11.5 Å². The van der Waals surface area contributed by atoms with E-state index in [-0.39, 0.29) is 5.41 Å². The molecule has 1 spiro atoms. The minimum Gasteiger partial charge on any atom is -0.489 e. The first-order valence-corrected chi connectivity index (χ1v) is 8.47. The molecule has 2 unspecified atom stereocenters. The highest BCUT2D eigenvalue weighted by molar-refractivity contribution is 6.31. The third-order valence-corrected chi connectivity index (χ3v) is 5.74. The van der Waals surface area contributed by atoms with Crippen LogP contribution in [-0.2, 0) is 0 Å². The van der Waals surface area contributed by atoms with Gasteiger partial charge in [-0.05, 0) is 50.4 Å². The van der Waals surface area contributed by atoms with E-state index < -0.39 is 0 Å². The van der Waals surface area contributed by atoms with Gasteiger partial charge in [-0.1, -0.05) is 11.6 Å². The number of nitrogens with two attached hydrogens (primary N) is 1. The van der Waals surface area contributed by atoms with Crippen molar-refractivity contribution < 1.29 is 9.47 Å². The van der Waals surface area contributed by atoms with Crippen molar-refractivity contribution in [3.8, 4) is 11.5 Å². The molecule has 0 amide bonds. The summed E-state index contributed by atoms with van der Waals surface area (Å²) < 4.78 is 12.0. The van der Waals surface area contributed by atoms with Crippen molar-refractivity contribution in [1.82, 2.24) is 4.90 Å². The van der Waals surface area contributed by atoms with Gasteiger partial charge in [0.25, 0.3) is 0 Å². The molecule has 5 heteroatoms. The van der Waals surface area contributed by atoms with E-state index in [9.17, 15) is 0 Å². The average Bonchev–Trinajstić information content (AvgIpc) is 3.23. The van der Waals surface area contributed by atoms with Gasteiger partial charge in [-0.2, -0.15) is 0 Å². The van der Waals surface area contributed by atoms with Crippen molar-refractivity contribution in [1.29, 1.82) is 0 Å².